The van der Waals surface area contributed by atoms with E-state index in [2.05, 4.69) is 0 Å². The highest BCUT2D eigenvalue weighted by molar-refractivity contribution is 5.85. The van der Waals surface area contributed by atoms with Crippen molar-refractivity contribution < 1.29 is 27.5 Å². The first-order valence-electron chi connectivity index (χ1n) is 11.0. The number of fused-ring (bicyclic) bond motifs is 2. The third-order valence-electron chi connectivity index (χ3n) is 6.95. The molecule has 2 aliphatic carbocycles. The van der Waals surface area contributed by atoms with E-state index in [0.717, 1.165) is 35.4 Å². The molecule has 0 bridgehead atoms. The number of carboxylic acids is 1. The van der Waals surface area contributed by atoms with Gasteiger partial charge in [0.2, 0.25) is 0 Å². The standard InChI is InChI=1S/C26H23F4NO2/c1-14-9-17-18(12-16-3-2-4-19(27)23(16)17)25(31(14)13-26(30)7-8-26)24-20(28)10-15(11-21(24)29)5-6-22(32)33/h2-6,10-11,14,25H,7-9,12-13H2,1H3,(H,32,33)/b6-5+/t14-,25+/m1/s1. The molecular formula is C26H23F4NO2. The number of carbonyl (C=O) groups is 1. The lowest BCUT2D eigenvalue weighted by molar-refractivity contribution is -0.131. The van der Waals surface area contributed by atoms with Gasteiger partial charge in [-0.2, -0.15) is 0 Å². The van der Waals surface area contributed by atoms with Crippen molar-refractivity contribution in [3.63, 3.8) is 0 Å². The summed E-state index contributed by atoms with van der Waals surface area (Å²) in [6.07, 6.45) is 3.56. The summed E-state index contributed by atoms with van der Waals surface area (Å²) in [7, 11) is 0. The van der Waals surface area contributed by atoms with Crippen molar-refractivity contribution in [2.45, 2.75) is 50.4 Å². The lowest BCUT2D eigenvalue weighted by atomic mass is 9.84. The molecule has 1 N–H and O–H groups in total. The zero-order valence-corrected chi connectivity index (χ0v) is 18.0. The zero-order valence-electron chi connectivity index (χ0n) is 18.0. The van der Waals surface area contributed by atoms with Gasteiger partial charge in [0.1, 0.15) is 23.1 Å². The maximum Gasteiger partial charge on any atom is 0.328 e. The number of halogens is 4. The summed E-state index contributed by atoms with van der Waals surface area (Å²) in [6.45, 7) is 1.93. The molecule has 1 aliphatic heterocycles. The Morgan fingerprint density at radius 2 is 1.88 bits per heavy atom. The van der Waals surface area contributed by atoms with Crippen LogP contribution in [0.4, 0.5) is 17.6 Å². The van der Waals surface area contributed by atoms with E-state index in [1.54, 1.807) is 6.07 Å². The van der Waals surface area contributed by atoms with Crippen LogP contribution < -0.4 is 0 Å². The monoisotopic (exact) mass is 457 g/mol. The topological polar surface area (TPSA) is 40.5 Å². The molecule has 0 radical (unpaired) electrons. The number of hydrogen-bond acceptors (Lipinski definition) is 2. The van der Waals surface area contributed by atoms with Crippen LogP contribution in [0.2, 0.25) is 0 Å². The summed E-state index contributed by atoms with van der Waals surface area (Å²) in [5.74, 6) is -3.27. The second-order valence-electron chi connectivity index (χ2n) is 9.30. The summed E-state index contributed by atoms with van der Waals surface area (Å²) in [6, 6.07) is 5.86. The lowest BCUT2D eigenvalue weighted by Crippen LogP contribution is -2.45. The van der Waals surface area contributed by atoms with Gasteiger partial charge in [0.25, 0.3) is 0 Å². The molecule has 2 aromatic carbocycles. The van der Waals surface area contributed by atoms with Crippen molar-refractivity contribution in [2.75, 3.05) is 6.54 Å². The molecule has 0 amide bonds. The number of nitrogens with zero attached hydrogens (tertiary/aromatic N) is 1. The molecule has 33 heavy (non-hydrogen) atoms. The van der Waals surface area contributed by atoms with Crippen LogP contribution in [0.1, 0.15) is 54.5 Å². The van der Waals surface area contributed by atoms with Crippen molar-refractivity contribution in [2.24, 2.45) is 0 Å². The van der Waals surface area contributed by atoms with Crippen LogP contribution in [0.3, 0.4) is 0 Å². The van der Waals surface area contributed by atoms with Crippen LogP contribution >= 0.6 is 0 Å². The average Bonchev–Trinajstić information content (AvgIpc) is 3.35. The van der Waals surface area contributed by atoms with Crippen molar-refractivity contribution in [3.05, 3.63) is 81.7 Å². The van der Waals surface area contributed by atoms with Gasteiger partial charge in [-0.25, -0.2) is 22.4 Å². The number of alkyl halides is 1. The van der Waals surface area contributed by atoms with Crippen LogP contribution in [0.5, 0.6) is 0 Å². The third-order valence-corrected chi connectivity index (χ3v) is 6.95. The first kappa shape index (κ1) is 21.9. The van der Waals surface area contributed by atoms with Crippen LogP contribution in [0.25, 0.3) is 11.6 Å². The highest BCUT2D eigenvalue weighted by Gasteiger charge is 2.50. The van der Waals surface area contributed by atoms with Crippen LogP contribution in [-0.2, 0) is 11.2 Å². The van der Waals surface area contributed by atoms with E-state index in [1.807, 2.05) is 17.9 Å². The van der Waals surface area contributed by atoms with Gasteiger partial charge in [-0.1, -0.05) is 12.1 Å². The average molecular weight is 457 g/mol. The van der Waals surface area contributed by atoms with Crippen LogP contribution in [-0.4, -0.2) is 34.2 Å². The van der Waals surface area contributed by atoms with E-state index in [-0.39, 0.29) is 29.5 Å². The normalized spacial score (nSPS) is 23.7. The van der Waals surface area contributed by atoms with Gasteiger partial charge in [0.15, 0.2) is 0 Å². The van der Waals surface area contributed by atoms with E-state index in [4.69, 9.17) is 5.11 Å². The summed E-state index contributed by atoms with van der Waals surface area (Å²) in [5, 5.41) is 8.81. The number of aliphatic carboxylic acids is 1. The van der Waals surface area contributed by atoms with Gasteiger partial charge in [0.05, 0.1) is 6.04 Å². The van der Waals surface area contributed by atoms with Gasteiger partial charge in [0, 0.05) is 29.8 Å². The minimum atomic E-state index is -1.38. The Morgan fingerprint density at radius 3 is 2.52 bits per heavy atom. The molecular weight excluding hydrogens is 434 g/mol. The smallest absolute Gasteiger partial charge is 0.328 e. The molecule has 2 aromatic rings. The van der Waals surface area contributed by atoms with Gasteiger partial charge >= 0.3 is 5.97 Å². The minimum Gasteiger partial charge on any atom is -0.478 e. The van der Waals surface area contributed by atoms with Gasteiger partial charge < -0.3 is 5.11 Å². The molecule has 0 aromatic heterocycles. The second kappa shape index (κ2) is 7.83. The Kier molecular flexibility index (Phi) is 5.20. The highest BCUT2D eigenvalue weighted by atomic mass is 19.1. The molecule has 1 saturated carbocycles. The quantitative estimate of drug-likeness (QED) is 0.452. The Balaban J connectivity index is 1.65. The molecule has 0 spiro atoms. The Morgan fingerprint density at radius 1 is 1.18 bits per heavy atom. The lowest BCUT2D eigenvalue weighted by Gasteiger charge is -2.43. The fourth-order valence-electron chi connectivity index (χ4n) is 5.23. The molecule has 5 rings (SSSR count). The Labute approximate surface area is 189 Å². The predicted octanol–water partition coefficient (Wildman–Crippen LogP) is 5.85. The highest BCUT2D eigenvalue weighted by Crippen LogP contribution is 2.52. The fraction of sp³-hybridized carbons (Fsp3) is 0.346. The number of carboxylic acid groups (broad SMARTS) is 1. The second-order valence-corrected chi connectivity index (χ2v) is 9.30. The molecule has 0 saturated heterocycles. The van der Waals surface area contributed by atoms with Gasteiger partial charge in [-0.3, -0.25) is 4.90 Å². The largest absolute Gasteiger partial charge is 0.478 e. The molecule has 0 unspecified atom stereocenters. The molecule has 1 fully saturated rings. The summed E-state index contributed by atoms with van der Waals surface area (Å²) >= 11 is 0. The van der Waals surface area contributed by atoms with E-state index >= 15 is 8.78 Å². The van der Waals surface area contributed by atoms with Crippen molar-refractivity contribution in [1.82, 2.24) is 4.90 Å². The summed E-state index contributed by atoms with van der Waals surface area (Å²) < 4.78 is 60.4. The number of hydrogen-bond donors (Lipinski definition) is 1. The number of rotatable bonds is 5. The summed E-state index contributed by atoms with van der Waals surface area (Å²) in [4.78, 5) is 12.6. The molecule has 7 heteroatoms. The van der Waals surface area contributed by atoms with Crippen molar-refractivity contribution >= 4 is 17.6 Å². The third kappa shape index (κ3) is 3.88. The van der Waals surface area contributed by atoms with Gasteiger partial charge in [-0.15, -0.1) is 0 Å². The molecule has 172 valence electrons. The van der Waals surface area contributed by atoms with Crippen LogP contribution in [0.15, 0.2) is 42.0 Å². The number of benzene rings is 2. The fourth-order valence-corrected chi connectivity index (χ4v) is 5.23. The maximum absolute atomic E-state index is 15.4. The first-order valence-corrected chi connectivity index (χ1v) is 11.0. The summed E-state index contributed by atoms with van der Waals surface area (Å²) in [5.41, 5.74) is 1.19. The first-order chi connectivity index (χ1) is 15.7. The van der Waals surface area contributed by atoms with E-state index in [9.17, 15) is 13.6 Å². The van der Waals surface area contributed by atoms with E-state index in [0.29, 0.717) is 36.8 Å². The van der Waals surface area contributed by atoms with Crippen LogP contribution in [0, 0.1) is 17.5 Å². The van der Waals surface area contributed by atoms with Gasteiger partial charge in [-0.05, 0) is 79.2 Å². The van der Waals surface area contributed by atoms with Crippen molar-refractivity contribution in [3.8, 4) is 0 Å². The SMILES string of the molecule is C[C@@H]1CC2=C(Cc3cccc(F)c32)[C@@H](c2c(F)cc(/C=C/C(=O)O)cc2F)N1CC1(F)CC1. The van der Waals surface area contributed by atoms with E-state index < -0.39 is 29.3 Å². The Hall–Kier alpha value is -2.93. The Bertz CT molecular complexity index is 1190. The van der Waals surface area contributed by atoms with Crippen molar-refractivity contribution in [1.29, 1.82) is 0 Å². The molecule has 3 nitrogen and oxygen atoms in total. The van der Waals surface area contributed by atoms with E-state index in [1.165, 1.54) is 6.07 Å². The molecule has 1 heterocycles. The minimum absolute atomic E-state index is 0.0496. The molecule has 2 atom stereocenters. The predicted molar refractivity (Wildman–Crippen MR) is 117 cm³/mol. The maximum atomic E-state index is 15.4. The zero-order chi connectivity index (χ0) is 23.5. The molecule has 3 aliphatic rings.